The number of para-hydroxylation sites is 2. The normalized spacial score (nSPS) is 13.2. The Morgan fingerprint density at radius 2 is 2.04 bits per heavy atom. The zero-order chi connectivity index (χ0) is 18.9. The number of nitrogens with one attached hydrogen (secondary N) is 2. The van der Waals surface area contributed by atoms with E-state index in [0.717, 1.165) is 0 Å². The maximum Gasteiger partial charge on any atom is 0.340 e. The first-order valence-electron chi connectivity index (χ1n) is 7.33. The summed E-state index contributed by atoms with van der Waals surface area (Å²) in [6.07, 6.45) is 0. The second-order valence-electron chi connectivity index (χ2n) is 5.33. The van der Waals surface area contributed by atoms with Gasteiger partial charge >= 0.3 is 10.1 Å². The van der Waals surface area contributed by atoms with Gasteiger partial charge in [0.1, 0.15) is 10.6 Å². The molecule has 2 aromatic carbocycles. The Kier molecular flexibility index (Phi) is 4.75. The highest BCUT2D eigenvalue weighted by Gasteiger charge is 2.26. The second-order valence-corrected chi connectivity index (χ2v) is 7.25. The zero-order valence-electron chi connectivity index (χ0n) is 13.4. The van der Waals surface area contributed by atoms with Crippen LogP contribution in [0.4, 0.5) is 11.4 Å². The smallest absolute Gasteiger partial charge is 0.340 e. The van der Waals surface area contributed by atoms with E-state index in [1.54, 1.807) is 12.1 Å². The third kappa shape index (κ3) is 3.73. The van der Waals surface area contributed by atoms with Crippen molar-refractivity contribution >= 4 is 44.9 Å². The quantitative estimate of drug-likeness (QED) is 0.768. The van der Waals surface area contributed by atoms with Gasteiger partial charge in [0.25, 0.3) is 5.91 Å². The summed E-state index contributed by atoms with van der Waals surface area (Å²) in [7, 11) is -4.33. The molecule has 10 heteroatoms. The van der Waals surface area contributed by atoms with Crippen LogP contribution in [0.5, 0.6) is 11.5 Å². The number of hydrogen-bond donors (Lipinski definition) is 2. The molecular formula is C16H13ClN2O6S. The minimum Gasteiger partial charge on any atom is -0.482 e. The monoisotopic (exact) mass is 396 g/mol. The molecule has 0 saturated carbocycles. The number of ether oxygens (including phenoxy) is 1. The zero-order valence-corrected chi connectivity index (χ0v) is 15.0. The topological polar surface area (TPSA) is 111 Å². The Hall–Kier alpha value is -2.78. The standard InChI is InChI=1S/C16H13ClN2O6S/c1-9(20)18-11-4-2-3-5-13(11)25-26(22,23)15-7-14-12(6-10(15)17)19-16(21)8-24-14/h2-7H,8H2,1H3,(H,18,20)(H,19,21). The van der Waals surface area contributed by atoms with E-state index in [0.29, 0.717) is 0 Å². The lowest BCUT2D eigenvalue weighted by Crippen LogP contribution is -2.25. The average Bonchev–Trinajstić information content (AvgIpc) is 2.55. The van der Waals surface area contributed by atoms with Crippen LogP contribution in [0.3, 0.4) is 0 Å². The number of hydrogen-bond acceptors (Lipinski definition) is 6. The molecule has 0 aromatic heterocycles. The predicted octanol–water partition coefficient (Wildman–Crippen LogP) is 2.40. The highest BCUT2D eigenvalue weighted by atomic mass is 35.5. The second kappa shape index (κ2) is 6.85. The Bertz CT molecular complexity index is 1010. The summed E-state index contributed by atoms with van der Waals surface area (Å²) >= 11 is 6.05. The first-order chi connectivity index (χ1) is 12.3. The van der Waals surface area contributed by atoms with Crippen LogP contribution in [-0.4, -0.2) is 26.8 Å². The minimum atomic E-state index is -4.33. The van der Waals surface area contributed by atoms with Crippen LogP contribution in [-0.2, 0) is 19.7 Å². The number of rotatable bonds is 4. The summed E-state index contributed by atoms with van der Waals surface area (Å²) in [4.78, 5) is 22.3. The number of amides is 2. The predicted molar refractivity (Wildman–Crippen MR) is 94.1 cm³/mol. The van der Waals surface area contributed by atoms with Crippen LogP contribution in [0.25, 0.3) is 0 Å². The third-order valence-corrected chi connectivity index (χ3v) is 5.03. The maximum atomic E-state index is 12.6. The summed E-state index contributed by atoms with van der Waals surface area (Å²) < 4.78 is 35.6. The molecule has 2 aromatic rings. The molecule has 1 aliphatic heterocycles. The molecule has 136 valence electrons. The Labute approximate surface area is 154 Å². The molecule has 0 bridgehead atoms. The fourth-order valence-corrected chi connectivity index (χ4v) is 3.74. The molecule has 0 atom stereocenters. The molecule has 3 rings (SSSR count). The molecule has 2 amide bonds. The maximum absolute atomic E-state index is 12.6. The Morgan fingerprint density at radius 1 is 1.31 bits per heavy atom. The lowest BCUT2D eigenvalue weighted by Gasteiger charge is -2.19. The highest BCUT2D eigenvalue weighted by Crippen LogP contribution is 2.37. The molecule has 0 spiro atoms. The summed E-state index contributed by atoms with van der Waals surface area (Å²) in [5, 5.41) is 4.86. The SMILES string of the molecule is CC(=O)Nc1ccccc1OS(=O)(=O)c1cc2c(cc1Cl)NC(=O)CO2. The van der Waals surface area contributed by atoms with Crippen LogP contribution >= 0.6 is 11.6 Å². The van der Waals surface area contributed by atoms with Gasteiger partial charge in [0, 0.05) is 13.0 Å². The van der Waals surface area contributed by atoms with Crippen LogP contribution in [0.1, 0.15) is 6.92 Å². The van der Waals surface area contributed by atoms with Gasteiger partial charge in [0.2, 0.25) is 5.91 Å². The third-order valence-electron chi connectivity index (χ3n) is 3.33. The van der Waals surface area contributed by atoms with Crippen LogP contribution < -0.4 is 19.6 Å². The van der Waals surface area contributed by atoms with Gasteiger partial charge in [-0.2, -0.15) is 8.42 Å². The summed E-state index contributed by atoms with van der Waals surface area (Å²) in [6, 6.07) is 8.51. The van der Waals surface area contributed by atoms with E-state index in [9.17, 15) is 18.0 Å². The molecule has 0 unspecified atom stereocenters. The number of halogens is 1. The Balaban J connectivity index is 1.97. The van der Waals surface area contributed by atoms with Crippen molar-refractivity contribution in [1.82, 2.24) is 0 Å². The van der Waals surface area contributed by atoms with Gasteiger partial charge in [-0.1, -0.05) is 23.7 Å². The van der Waals surface area contributed by atoms with Crippen molar-refractivity contribution in [1.29, 1.82) is 0 Å². The molecule has 1 heterocycles. The lowest BCUT2D eigenvalue weighted by molar-refractivity contribution is -0.118. The highest BCUT2D eigenvalue weighted by molar-refractivity contribution is 7.87. The number of anilines is 2. The largest absolute Gasteiger partial charge is 0.482 e. The van der Waals surface area contributed by atoms with E-state index in [4.69, 9.17) is 20.5 Å². The first kappa shape index (κ1) is 18.0. The van der Waals surface area contributed by atoms with Gasteiger partial charge in [-0.05, 0) is 18.2 Å². The van der Waals surface area contributed by atoms with Crippen molar-refractivity contribution in [2.45, 2.75) is 11.8 Å². The van der Waals surface area contributed by atoms with E-state index in [1.807, 2.05) is 0 Å². The fourth-order valence-electron chi connectivity index (χ4n) is 2.27. The molecule has 8 nitrogen and oxygen atoms in total. The molecule has 0 radical (unpaired) electrons. The van der Waals surface area contributed by atoms with E-state index >= 15 is 0 Å². The van der Waals surface area contributed by atoms with Crippen molar-refractivity contribution in [3.8, 4) is 11.5 Å². The molecule has 0 fully saturated rings. The summed E-state index contributed by atoms with van der Waals surface area (Å²) in [5.74, 6) is -0.656. The van der Waals surface area contributed by atoms with Gasteiger partial charge < -0.3 is 19.6 Å². The van der Waals surface area contributed by atoms with Crippen LogP contribution in [0.2, 0.25) is 5.02 Å². The minimum absolute atomic E-state index is 0.0642. The van der Waals surface area contributed by atoms with Crippen LogP contribution in [0.15, 0.2) is 41.3 Å². The number of benzene rings is 2. The van der Waals surface area contributed by atoms with Crippen molar-refractivity contribution in [3.05, 3.63) is 41.4 Å². The van der Waals surface area contributed by atoms with Crippen LogP contribution in [0, 0.1) is 0 Å². The fraction of sp³-hybridized carbons (Fsp3) is 0.125. The molecule has 2 N–H and O–H groups in total. The van der Waals surface area contributed by atoms with Gasteiger partial charge in [-0.25, -0.2) is 0 Å². The number of carbonyl (C=O) groups excluding carboxylic acids is 2. The summed E-state index contributed by atoms with van der Waals surface area (Å²) in [5.41, 5.74) is 0.463. The van der Waals surface area contributed by atoms with Crippen molar-refractivity contribution in [3.63, 3.8) is 0 Å². The van der Waals surface area contributed by atoms with E-state index in [2.05, 4.69) is 10.6 Å². The molecule has 26 heavy (non-hydrogen) atoms. The van der Waals surface area contributed by atoms with Crippen molar-refractivity contribution in [2.24, 2.45) is 0 Å². The van der Waals surface area contributed by atoms with Crippen molar-refractivity contribution < 1.29 is 26.9 Å². The molecule has 1 aliphatic rings. The first-order valence-corrected chi connectivity index (χ1v) is 9.12. The van der Waals surface area contributed by atoms with Gasteiger partial charge in [-0.3, -0.25) is 9.59 Å². The lowest BCUT2D eigenvalue weighted by atomic mass is 10.2. The Morgan fingerprint density at radius 3 is 2.77 bits per heavy atom. The van der Waals surface area contributed by atoms with E-state index < -0.39 is 10.1 Å². The molecule has 0 saturated heterocycles. The van der Waals surface area contributed by atoms with E-state index in [-0.39, 0.29) is 51.2 Å². The van der Waals surface area contributed by atoms with Gasteiger partial charge in [0.15, 0.2) is 12.4 Å². The number of carbonyl (C=O) groups is 2. The summed E-state index contributed by atoms with van der Waals surface area (Å²) in [6.45, 7) is 1.05. The van der Waals surface area contributed by atoms with E-state index in [1.165, 1.54) is 31.2 Å². The molecule has 0 aliphatic carbocycles. The van der Waals surface area contributed by atoms with Crippen molar-refractivity contribution in [2.75, 3.05) is 17.2 Å². The molecular weight excluding hydrogens is 384 g/mol. The van der Waals surface area contributed by atoms with Gasteiger partial charge in [-0.15, -0.1) is 0 Å². The number of fused-ring (bicyclic) bond motifs is 1. The van der Waals surface area contributed by atoms with Gasteiger partial charge in [0.05, 0.1) is 16.4 Å². The average molecular weight is 397 g/mol.